The third-order valence-electron chi connectivity index (χ3n) is 6.36. The summed E-state index contributed by atoms with van der Waals surface area (Å²) in [5.74, 6) is -1.01. The summed E-state index contributed by atoms with van der Waals surface area (Å²) in [6.45, 7) is 5.42. The van der Waals surface area contributed by atoms with Gasteiger partial charge in [0.25, 0.3) is 0 Å². The first kappa shape index (κ1) is 22.0. The highest BCUT2D eigenvalue weighted by molar-refractivity contribution is 5.90. The fourth-order valence-electron chi connectivity index (χ4n) is 4.25. The number of β-amino-alcohol motifs (C(OH)–C–C–N with tert-alkyl or cyclic N) is 1. The molecule has 2 saturated carbocycles. The zero-order chi connectivity index (χ0) is 22.8. The van der Waals surface area contributed by atoms with E-state index in [1.54, 1.807) is 6.20 Å². The van der Waals surface area contributed by atoms with Crippen molar-refractivity contribution in [2.24, 2.45) is 5.41 Å². The average molecular weight is 443 g/mol. The number of hydrogen-bond acceptors (Lipinski definition) is 5. The Bertz CT molecular complexity index is 870. The van der Waals surface area contributed by atoms with Gasteiger partial charge < -0.3 is 15.3 Å². The Morgan fingerprint density at radius 3 is 2.42 bits per heavy atom. The second-order valence-electron chi connectivity index (χ2n) is 10.1. The van der Waals surface area contributed by atoms with Gasteiger partial charge in [-0.05, 0) is 31.1 Å². The highest BCUT2D eigenvalue weighted by atomic mass is 19.4. The molecule has 31 heavy (non-hydrogen) atoms. The molecule has 8 nitrogen and oxygen atoms in total. The van der Waals surface area contributed by atoms with Crippen molar-refractivity contribution in [3.8, 4) is 0 Å². The minimum absolute atomic E-state index is 0.104. The van der Waals surface area contributed by atoms with Gasteiger partial charge in [0.15, 0.2) is 0 Å². The number of likely N-dealkylation sites (tertiary alicyclic amines) is 1. The van der Waals surface area contributed by atoms with Crippen LogP contribution in [0, 0.1) is 5.41 Å². The van der Waals surface area contributed by atoms with Crippen molar-refractivity contribution < 1.29 is 27.9 Å². The lowest BCUT2D eigenvalue weighted by molar-refractivity contribution is -0.172. The summed E-state index contributed by atoms with van der Waals surface area (Å²) in [7, 11) is 0. The number of aliphatic hydroxyl groups excluding tert-OH is 1. The van der Waals surface area contributed by atoms with Gasteiger partial charge in [-0.15, -0.1) is 5.10 Å². The Labute approximate surface area is 178 Å². The largest absolute Gasteiger partial charge is 0.411 e. The first-order valence-electron chi connectivity index (χ1n) is 10.6. The number of nitrogens with one attached hydrogen (secondary N) is 1. The average Bonchev–Trinajstić information content (AvgIpc) is 3.55. The molecule has 2 N–H and O–H groups in total. The zero-order valence-electron chi connectivity index (χ0n) is 17.8. The predicted molar refractivity (Wildman–Crippen MR) is 103 cm³/mol. The Kier molecular flexibility index (Phi) is 5.10. The highest BCUT2D eigenvalue weighted by Gasteiger charge is 2.65. The van der Waals surface area contributed by atoms with Gasteiger partial charge in [-0.25, -0.2) is 4.68 Å². The van der Waals surface area contributed by atoms with Crippen LogP contribution < -0.4 is 5.32 Å². The van der Waals surface area contributed by atoms with E-state index in [4.69, 9.17) is 0 Å². The van der Waals surface area contributed by atoms with Crippen LogP contribution in [0.5, 0.6) is 0 Å². The summed E-state index contributed by atoms with van der Waals surface area (Å²) < 4.78 is 41.4. The minimum atomic E-state index is -4.55. The summed E-state index contributed by atoms with van der Waals surface area (Å²) in [4.78, 5) is 27.5. The number of rotatable bonds is 5. The standard InChI is InChI=1S/C20H28F3N5O3/c1-18(2,3)15(28-10-13(25-26-28)11-4-5-11)17(31)27-9-12(29)8-14(27)16(30)24-19(6-7-19)20(21,22)23/h10-12,14-15,29H,4-9H2,1-3H3,(H,24,30)/t12-,14+,15-/m1/s1. The monoisotopic (exact) mass is 443 g/mol. The molecule has 0 aromatic carbocycles. The van der Waals surface area contributed by atoms with Gasteiger partial charge in [0.1, 0.15) is 17.6 Å². The van der Waals surface area contributed by atoms with E-state index in [9.17, 15) is 27.9 Å². The van der Waals surface area contributed by atoms with Crippen LogP contribution in [-0.4, -0.2) is 67.2 Å². The van der Waals surface area contributed by atoms with Crippen LogP contribution in [0.2, 0.25) is 0 Å². The summed E-state index contributed by atoms with van der Waals surface area (Å²) in [5.41, 5.74) is -2.02. The van der Waals surface area contributed by atoms with Crippen LogP contribution in [0.3, 0.4) is 0 Å². The molecular formula is C20H28F3N5O3. The smallest absolute Gasteiger partial charge is 0.391 e. The lowest BCUT2D eigenvalue weighted by Gasteiger charge is -2.35. The zero-order valence-corrected chi connectivity index (χ0v) is 17.8. The molecule has 3 aliphatic rings. The van der Waals surface area contributed by atoms with Gasteiger partial charge in [-0.1, -0.05) is 26.0 Å². The molecule has 2 amide bonds. The first-order chi connectivity index (χ1) is 14.3. The maximum atomic E-state index is 13.5. The molecule has 2 aliphatic carbocycles. The molecule has 172 valence electrons. The molecule has 0 radical (unpaired) electrons. The number of hydrogen-bond donors (Lipinski definition) is 2. The second kappa shape index (κ2) is 7.18. The highest BCUT2D eigenvalue weighted by Crippen LogP contribution is 2.49. The van der Waals surface area contributed by atoms with Gasteiger partial charge in [0, 0.05) is 25.1 Å². The van der Waals surface area contributed by atoms with E-state index >= 15 is 0 Å². The van der Waals surface area contributed by atoms with Gasteiger partial charge in [-0.2, -0.15) is 13.2 Å². The van der Waals surface area contributed by atoms with E-state index in [1.165, 1.54) is 9.58 Å². The lowest BCUT2D eigenvalue weighted by Crippen LogP contribution is -2.55. The van der Waals surface area contributed by atoms with E-state index in [0.29, 0.717) is 5.92 Å². The number of aliphatic hydroxyl groups is 1. The van der Waals surface area contributed by atoms with Crippen molar-refractivity contribution in [1.29, 1.82) is 0 Å². The fraction of sp³-hybridized carbons (Fsp3) is 0.800. The fourth-order valence-corrected chi connectivity index (χ4v) is 4.25. The van der Waals surface area contributed by atoms with Crippen molar-refractivity contribution >= 4 is 11.8 Å². The molecule has 1 aromatic heterocycles. The SMILES string of the molecule is CC(C)(C)[C@@H](C(=O)N1C[C@H](O)C[C@H]1C(=O)NC1(C(F)(F)F)CC1)n1cc(C2CC2)nn1. The number of nitrogens with zero attached hydrogens (tertiary/aromatic N) is 4. The third-order valence-corrected chi connectivity index (χ3v) is 6.36. The molecule has 11 heteroatoms. The predicted octanol–water partition coefficient (Wildman–Crippen LogP) is 1.92. The van der Waals surface area contributed by atoms with Crippen LogP contribution in [0.4, 0.5) is 13.2 Å². The number of amides is 2. The van der Waals surface area contributed by atoms with E-state index < -0.39 is 47.1 Å². The van der Waals surface area contributed by atoms with Crippen molar-refractivity contribution in [1.82, 2.24) is 25.2 Å². The van der Waals surface area contributed by atoms with Crippen LogP contribution in [-0.2, 0) is 9.59 Å². The number of halogens is 3. The van der Waals surface area contributed by atoms with Crippen molar-refractivity contribution in [3.05, 3.63) is 11.9 Å². The summed E-state index contributed by atoms with van der Waals surface area (Å²) in [6, 6.07) is -1.98. The molecule has 3 fully saturated rings. The van der Waals surface area contributed by atoms with E-state index in [1.807, 2.05) is 20.8 Å². The van der Waals surface area contributed by atoms with Crippen LogP contribution in [0.25, 0.3) is 0 Å². The minimum Gasteiger partial charge on any atom is -0.391 e. The number of aromatic nitrogens is 3. The van der Waals surface area contributed by atoms with Gasteiger partial charge in [-0.3, -0.25) is 9.59 Å². The quantitative estimate of drug-likeness (QED) is 0.724. The summed E-state index contributed by atoms with van der Waals surface area (Å²) in [6.07, 6.45) is -2.23. The summed E-state index contributed by atoms with van der Waals surface area (Å²) in [5, 5.41) is 20.5. The maximum Gasteiger partial charge on any atom is 0.411 e. The Morgan fingerprint density at radius 2 is 1.90 bits per heavy atom. The molecule has 0 unspecified atom stereocenters. The topological polar surface area (TPSA) is 100 Å². The summed E-state index contributed by atoms with van der Waals surface area (Å²) >= 11 is 0. The molecule has 1 aromatic rings. The molecular weight excluding hydrogens is 415 g/mol. The second-order valence-corrected chi connectivity index (χ2v) is 10.1. The number of alkyl halides is 3. The lowest BCUT2D eigenvalue weighted by atomic mass is 9.85. The Morgan fingerprint density at radius 1 is 1.26 bits per heavy atom. The molecule has 0 bridgehead atoms. The van der Waals surface area contributed by atoms with Gasteiger partial charge >= 0.3 is 6.18 Å². The normalized spacial score (nSPS) is 26.6. The third kappa shape index (κ3) is 4.16. The molecule has 3 atom stereocenters. The van der Waals surface area contributed by atoms with Gasteiger partial charge in [0.2, 0.25) is 11.8 Å². The molecule has 1 aliphatic heterocycles. The van der Waals surface area contributed by atoms with Crippen LogP contribution in [0.1, 0.15) is 70.5 Å². The molecule has 0 spiro atoms. The first-order valence-corrected chi connectivity index (χ1v) is 10.6. The van der Waals surface area contributed by atoms with Crippen molar-refractivity contribution in [3.63, 3.8) is 0 Å². The molecule has 4 rings (SSSR count). The molecule has 2 heterocycles. The van der Waals surface area contributed by atoms with Crippen LogP contribution >= 0.6 is 0 Å². The van der Waals surface area contributed by atoms with Gasteiger partial charge in [0.05, 0.1) is 11.8 Å². The Balaban J connectivity index is 1.57. The Hall–Kier alpha value is -2.17. The number of carbonyl (C=O) groups excluding carboxylic acids is 2. The van der Waals surface area contributed by atoms with Crippen molar-refractivity contribution in [2.75, 3.05) is 6.54 Å². The number of carbonyl (C=O) groups is 2. The van der Waals surface area contributed by atoms with E-state index in [-0.39, 0.29) is 25.8 Å². The van der Waals surface area contributed by atoms with E-state index in [2.05, 4.69) is 15.6 Å². The molecule has 1 saturated heterocycles. The van der Waals surface area contributed by atoms with Crippen LogP contribution in [0.15, 0.2) is 6.20 Å². The van der Waals surface area contributed by atoms with E-state index in [0.717, 1.165) is 18.5 Å². The maximum absolute atomic E-state index is 13.5. The van der Waals surface area contributed by atoms with Crippen molar-refractivity contribution in [2.45, 2.75) is 88.7 Å².